The van der Waals surface area contributed by atoms with Gasteiger partial charge in [0.15, 0.2) is 5.69 Å². The standard InChI is InChI=1S/C12H21N5O2/c1-2-16(10-3-4-10)7-5-13-6-8-17-9-11(12(18)19)14-15-17/h9-10,13H,2-8H2,1H3,(H,18,19). The quantitative estimate of drug-likeness (QED) is 0.615. The first-order valence-electron chi connectivity index (χ1n) is 6.79. The van der Waals surface area contributed by atoms with E-state index in [9.17, 15) is 4.79 Å². The lowest BCUT2D eigenvalue weighted by atomic mass is 10.4. The molecule has 0 bridgehead atoms. The first-order valence-corrected chi connectivity index (χ1v) is 6.79. The molecule has 0 unspecified atom stereocenters. The topological polar surface area (TPSA) is 83.3 Å². The van der Waals surface area contributed by atoms with E-state index in [4.69, 9.17) is 5.11 Å². The zero-order valence-corrected chi connectivity index (χ0v) is 11.2. The van der Waals surface area contributed by atoms with Crippen LogP contribution in [0.1, 0.15) is 30.3 Å². The molecular formula is C12H21N5O2. The molecule has 2 N–H and O–H groups in total. The Morgan fingerprint density at radius 2 is 2.37 bits per heavy atom. The van der Waals surface area contributed by atoms with E-state index in [2.05, 4.69) is 27.5 Å². The molecule has 7 nitrogen and oxygen atoms in total. The smallest absolute Gasteiger partial charge is 0.358 e. The molecule has 1 aromatic heterocycles. The number of hydrogen-bond donors (Lipinski definition) is 2. The van der Waals surface area contributed by atoms with Gasteiger partial charge in [0.2, 0.25) is 0 Å². The molecule has 0 spiro atoms. The molecule has 7 heteroatoms. The van der Waals surface area contributed by atoms with Gasteiger partial charge in [0.25, 0.3) is 0 Å². The summed E-state index contributed by atoms with van der Waals surface area (Å²) >= 11 is 0. The molecule has 1 aliphatic rings. The van der Waals surface area contributed by atoms with Crippen LogP contribution in [0.3, 0.4) is 0 Å². The van der Waals surface area contributed by atoms with Crippen LogP contribution >= 0.6 is 0 Å². The Kier molecular flexibility index (Phi) is 4.86. The van der Waals surface area contributed by atoms with Crippen molar-refractivity contribution in [2.45, 2.75) is 32.4 Å². The van der Waals surface area contributed by atoms with Gasteiger partial charge in [-0.2, -0.15) is 0 Å². The third-order valence-electron chi connectivity index (χ3n) is 3.32. The first-order chi connectivity index (χ1) is 9.20. The van der Waals surface area contributed by atoms with E-state index in [1.165, 1.54) is 19.0 Å². The summed E-state index contributed by atoms with van der Waals surface area (Å²) in [6, 6.07) is 0.806. The Bertz CT molecular complexity index is 416. The van der Waals surface area contributed by atoms with E-state index in [0.717, 1.165) is 32.2 Å². The number of carboxylic acids is 1. The highest BCUT2D eigenvalue weighted by Crippen LogP contribution is 2.25. The zero-order valence-electron chi connectivity index (χ0n) is 11.2. The Morgan fingerprint density at radius 3 is 2.95 bits per heavy atom. The van der Waals surface area contributed by atoms with Crippen molar-refractivity contribution in [1.29, 1.82) is 0 Å². The Morgan fingerprint density at radius 1 is 1.58 bits per heavy atom. The van der Waals surface area contributed by atoms with Gasteiger partial charge < -0.3 is 10.4 Å². The molecule has 0 radical (unpaired) electrons. The van der Waals surface area contributed by atoms with E-state index in [1.807, 2.05) is 0 Å². The van der Waals surface area contributed by atoms with Crippen LogP contribution in [-0.2, 0) is 6.54 Å². The molecule has 106 valence electrons. The molecule has 1 fully saturated rings. The lowest BCUT2D eigenvalue weighted by molar-refractivity contribution is 0.0690. The van der Waals surface area contributed by atoms with Crippen LogP contribution in [0.25, 0.3) is 0 Å². The fraction of sp³-hybridized carbons (Fsp3) is 0.750. The second-order valence-electron chi connectivity index (χ2n) is 4.78. The van der Waals surface area contributed by atoms with Gasteiger partial charge in [-0.3, -0.25) is 9.58 Å². The van der Waals surface area contributed by atoms with Crippen LogP contribution in [-0.4, -0.2) is 63.2 Å². The third kappa shape index (κ3) is 4.29. The monoisotopic (exact) mass is 267 g/mol. The van der Waals surface area contributed by atoms with Gasteiger partial charge in [-0.25, -0.2) is 4.79 Å². The molecule has 1 aromatic rings. The van der Waals surface area contributed by atoms with Crippen molar-refractivity contribution in [1.82, 2.24) is 25.2 Å². The van der Waals surface area contributed by atoms with Gasteiger partial charge in [-0.1, -0.05) is 12.1 Å². The maximum atomic E-state index is 10.6. The summed E-state index contributed by atoms with van der Waals surface area (Å²) in [6.07, 6.45) is 4.13. The first kappa shape index (κ1) is 14.0. The van der Waals surface area contributed by atoms with Crippen molar-refractivity contribution in [3.63, 3.8) is 0 Å². The van der Waals surface area contributed by atoms with Crippen LogP contribution in [0.4, 0.5) is 0 Å². The summed E-state index contributed by atoms with van der Waals surface area (Å²) in [5, 5.41) is 19.4. The number of aromatic carboxylic acids is 1. The van der Waals surface area contributed by atoms with Crippen LogP contribution < -0.4 is 5.32 Å². The third-order valence-corrected chi connectivity index (χ3v) is 3.32. The molecule has 0 aliphatic heterocycles. The molecule has 1 aliphatic carbocycles. The van der Waals surface area contributed by atoms with E-state index < -0.39 is 5.97 Å². The van der Waals surface area contributed by atoms with Crippen molar-refractivity contribution >= 4 is 5.97 Å². The number of carboxylic acid groups (broad SMARTS) is 1. The highest BCUT2D eigenvalue weighted by molar-refractivity contribution is 5.84. The SMILES string of the molecule is CCN(CCNCCn1cc(C(=O)O)nn1)C1CC1. The molecule has 2 rings (SSSR count). The molecule has 0 amide bonds. The van der Waals surface area contributed by atoms with Gasteiger partial charge in [-0.15, -0.1) is 5.10 Å². The average molecular weight is 267 g/mol. The van der Waals surface area contributed by atoms with Crippen molar-refractivity contribution in [3.05, 3.63) is 11.9 Å². The van der Waals surface area contributed by atoms with Crippen LogP contribution in [0, 0.1) is 0 Å². The van der Waals surface area contributed by atoms with E-state index in [-0.39, 0.29) is 5.69 Å². The van der Waals surface area contributed by atoms with Crippen LogP contribution in [0.5, 0.6) is 0 Å². The van der Waals surface area contributed by atoms with Gasteiger partial charge in [0.05, 0.1) is 12.7 Å². The molecular weight excluding hydrogens is 246 g/mol. The second kappa shape index (κ2) is 6.63. The molecule has 19 heavy (non-hydrogen) atoms. The zero-order chi connectivity index (χ0) is 13.7. The minimum absolute atomic E-state index is 0.00843. The number of rotatable bonds is 9. The number of nitrogens with zero attached hydrogens (tertiary/aromatic N) is 4. The van der Waals surface area contributed by atoms with E-state index in [0.29, 0.717) is 6.54 Å². The van der Waals surface area contributed by atoms with Gasteiger partial charge in [-0.05, 0) is 19.4 Å². The number of nitrogens with one attached hydrogen (secondary N) is 1. The van der Waals surface area contributed by atoms with Gasteiger partial charge >= 0.3 is 5.97 Å². The summed E-state index contributed by atoms with van der Waals surface area (Å²) in [7, 11) is 0. The van der Waals surface area contributed by atoms with Crippen LogP contribution in [0.2, 0.25) is 0 Å². The van der Waals surface area contributed by atoms with Gasteiger partial charge in [0, 0.05) is 25.7 Å². The minimum Gasteiger partial charge on any atom is -0.476 e. The normalized spacial score (nSPS) is 15.1. The highest BCUT2D eigenvalue weighted by atomic mass is 16.4. The maximum Gasteiger partial charge on any atom is 0.358 e. The summed E-state index contributed by atoms with van der Waals surface area (Å²) in [6.45, 7) is 6.72. The van der Waals surface area contributed by atoms with E-state index in [1.54, 1.807) is 4.68 Å². The maximum absolute atomic E-state index is 10.6. The Hall–Kier alpha value is -1.47. The number of carbonyl (C=O) groups is 1. The average Bonchev–Trinajstić information content (AvgIpc) is 3.11. The summed E-state index contributed by atoms with van der Waals surface area (Å²) in [5.74, 6) is -1.04. The summed E-state index contributed by atoms with van der Waals surface area (Å²) < 4.78 is 1.55. The molecule has 0 saturated heterocycles. The molecule has 1 heterocycles. The largest absolute Gasteiger partial charge is 0.476 e. The number of likely N-dealkylation sites (N-methyl/N-ethyl adjacent to an activating group) is 1. The van der Waals surface area contributed by atoms with Gasteiger partial charge in [0.1, 0.15) is 0 Å². The lowest BCUT2D eigenvalue weighted by Crippen LogP contribution is -2.34. The van der Waals surface area contributed by atoms with Crippen LogP contribution in [0.15, 0.2) is 6.20 Å². The number of aromatic nitrogens is 3. The predicted molar refractivity (Wildman–Crippen MR) is 70.1 cm³/mol. The van der Waals surface area contributed by atoms with Crippen molar-refractivity contribution < 1.29 is 9.90 Å². The summed E-state index contributed by atoms with van der Waals surface area (Å²) in [4.78, 5) is 13.1. The number of hydrogen-bond acceptors (Lipinski definition) is 5. The van der Waals surface area contributed by atoms with Crippen molar-refractivity contribution in [2.24, 2.45) is 0 Å². The lowest BCUT2D eigenvalue weighted by Gasteiger charge is -2.19. The van der Waals surface area contributed by atoms with Crippen molar-refractivity contribution in [2.75, 3.05) is 26.2 Å². The fourth-order valence-electron chi connectivity index (χ4n) is 2.09. The van der Waals surface area contributed by atoms with E-state index >= 15 is 0 Å². The Balaban J connectivity index is 1.59. The molecule has 0 aromatic carbocycles. The minimum atomic E-state index is -1.04. The summed E-state index contributed by atoms with van der Waals surface area (Å²) in [5.41, 5.74) is -0.00843. The fourth-order valence-corrected chi connectivity index (χ4v) is 2.09. The predicted octanol–water partition coefficient (Wildman–Crippen LogP) is 0.0502. The molecule has 1 saturated carbocycles. The Labute approximate surface area is 112 Å². The second-order valence-corrected chi connectivity index (χ2v) is 4.78. The highest BCUT2D eigenvalue weighted by Gasteiger charge is 2.26. The molecule has 0 atom stereocenters. The van der Waals surface area contributed by atoms with Crippen molar-refractivity contribution in [3.8, 4) is 0 Å².